The van der Waals surface area contributed by atoms with Gasteiger partial charge in [0.05, 0.1) is 11.7 Å². The zero-order valence-electron chi connectivity index (χ0n) is 10.7. The molecule has 1 atom stereocenters. The van der Waals surface area contributed by atoms with Gasteiger partial charge < -0.3 is 10.1 Å². The fraction of sp³-hybridized carbons (Fsp3) is 0.429. The molecule has 5 nitrogen and oxygen atoms in total. The van der Waals surface area contributed by atoms with E-state index in [1.807, 2.05) is 18.2 Å². The quantitative estimate of drug-likeness (QED) is 0.878. The topological polar surface area (TPSA) is 67.0 Å². The van der Waals surface area contributed by atoms with Crippen molar-refractivity contribution in [3.05, 3.63) is 30.0 Å². The molecule has 0 aliphatic carbocycles. The van der Waals surface area contributed by atoms with E-state index in [1.165, 1.54) is 0 Å². The van der Waals surface area contributed by atoms with Crippen LogP contribution in [0.3, 0.4) is 0 Å². The number of rotatable bonds is 4. The summed E-state index contributed by atoms with van der Waals surface area (Å²) in [5, 5.41) is 10.8. The first kappa shape index (κ1) is 12.2. The maximum Gasteiger partial charge on any atom is 0.251 e. The number of amides is 1. The number of H-pyrrole nitrogens is 1. The van der Waals surface area contributed by atoms with Gasteiger partial charge >= 0.3 is 0 Å². The summed E-state index contributed by atoms with van der Waals surface area (Å²) < 4.78 is 5.31. The number of nitrogens with one attached hydrogen (secondary N) is 2. The minimum Gasteiger partial charge on any atom is -0.381 e. The number of aromatic nitrogens is 2. The Kier molecular flexibility index (Phi) is 3.46. The van der Waals surface area contributed by atoms with Crippen LogP contribution in [0.4, 0.5) is 0 Å². The van der Waals surface area contributed by atoms with E-state index in [-0.39, 0.29) is 5.91 Å². The van der Waals surface area contributed by atoms with E-state index in [0.717, 1.165) is 37.0 Å². The van der Waals surface area contributed by atoms with Crippen LogP contribution in [-0.4, -0.2) is 35.9 Å². The third-order valence-electron chi connectivity index (χ3n) is 3.57. The van der Waals surface area contributed by atoms with Crippen molar-refractivity contribution in [2.75, 3.05) is 19.8 Å². The molecular weight excluding hydrogens is 242 g/mol. The molecule has 1 amide bonds. The van der Waals surface area contributed by atoms with Gasteiger partial charge in [-0.05, 0) is 30.9 Å². The predicted octanol–water partition coefficient (Wildman–Crippen LogP) is 1.72. The number of benzene rings is 1. The van der Waals surface area contributed by atoms with Crippen LogP contribution in [-0.2, 0) is 4.74 Å². The zero-order valence-corrected chi connectivity index (χ0v) is 10.7. The van der Waals surface area contributed by atoms with Gasteiger partial charge in [-0.25, -0.2) is 0 Å². The molecule has 1 saturated heterocycles. The number of carbonyl (C=O) groups excluding carboxylic acids is 1. The summed E-state index contributed by atoms with van der Waals surface area (Å²) >= 11 is 0. The third kappa shape index (κ3) is 2.76. The minimum absolute atomic E-state index is 0.0320. The number of carbonyl (C=O) groups is 1. The van der Waals surface area contributed by atoms with E-state index < -0.39 is 0 Å². The molecule has 1 aromatic heterocycles. The molecule has 1 aromatic carbocycles. The maximum absolute atomic E-state index is 12.0. The van der Waals surface area contributed by atoms with Gasteiger partial charge in [0.25, 0.3) is 5.91 Å². The first-order valence-corrected chi connectivity index (χ1v) is 6.62. The van der Waals surface area contributed by atoms with E-state index in [4.69, 9.17) is 4.74 Å². The molecule has 19 heavy (non-hydrogen) atoms. The Labute approximate surface area is 111 Å². The van der Waals surface area contributed by atoms with Crippen LogP contribution in [0.5, 0.6) is 0 Å². The van der Waals surface area contributed by atoms with Gasteiger partial charge in [-0.3, -0.25) is 9.89 Å². The highest BCUT2D eigenvalue weighted by molar-refractivity contribution is 5.97. The van der Waals surface area contributed by atoms with Gasteiger partial charge in [-0.15, -0.1) is 0 Å². The first-order valence-electron chi connectivity index (χ1n) is 6.62. The second kappa shape index (κ2) is 5.40. The van der Waals surface area contributed by atoms with Crippen molar-refractivity contribution < 1.29 is 9.53 Å². The van der Waals surface area contributed by atoms with Gasteiger partial charge in [0, 0.05) is 30.7 Å². The highest BCUT2D eigenvalue weighted by Crippen LogP contribution is 2.16. The van der Waals surface area contributed by atoms with Crippen molar-refractivity contribution >= 4 is 16.8 Å². The van der Waals surface area contributed by atoms with E-state index in [1.54, 1.807) is 6.20 Å². The standard InChI is InChI=1S/C14H17N3O2/c18-14(15-5-3-10-4-6-19-9-10)11-1-2-12-8-16-17-13(12)7-11/h1-2,7-8,10H,3-6,9H2,(H,15,18)(H,16,17). The number of ether oxygens (including phenoxy) is 1. The fourth-order valence-corrected chi connectivity index (χ4v) is 2.38. The van der Waals surface area contributed by atoms with Gasteiger partial charge in [0.15, 0.2) is 0 Å². The second-order valence-electron chi connectivity index (χ2n) is 4.95. The van der Waals surface area contributed by atoms with Crippen LogP contribution in [0.1, 0.15) is 23.2 Å². The number of nitrogens with zero attached hydrogens (tertiary/aromatic N) is 1. The molecule has 1 unspecified atom stereocenters. The van der Waals surface area contributed by atoms with Crippen molar-refractivity contribution in [2.45, 2.75) is 12.8 Å². The lowest BCUT2D eigenvalue weighted by Crippen LogP contribution is -2.26. The molecule has 100 valence electrons. The van der Waals surface area contributed by atoms with Crippen LogP contribution in [0.15, 0.2) is 24.4 Å². The zero-order chi connectivity index (χ0) is 13.1. The summed E-state index contributed by atoms with van der Waals surface area (Å²) in [5.74, 6) is 0.561. The Balaban J connectivity index is 1.56. The Morgan fingerprint density at radius 1 is 1.53 bits per heavy atom. The molecule has 0 spiro atoms. The average molecular weight is 259 g/mol. The van der Waals surface area contributed by atoms with Crippen LogP contribution < -0.4 is 5.32 Å². The smallest absolute Gasteiger partial charge is 0.251 e. The summed E-state index contributed by atoms with van der Waals surface area (Å²) in [5.41, 5.74) is 1.55. The lowest BCUT2D eigenvalue weighted by molar-refractivity contribution is 0.0950. The highest BCUT2D eigenvalue weighted by Gasteiger charge is 2.15. The molecule has 1 aliphatic rings. The van der Waals surface area contributed by atoms with E-state index in [2.05, 4.69) is 15.5 Å². The van der Waals surface area contributed by atoms with E-state index in [9.17, 15) is 4.79 Å². The summed E-state index contributed by atoms with van der Waals surface area (Å²) in [7, 11) is 0. The molecule has 0 bridgehead atoms. The molecule has 3 rings (SSSR count). The molecule has 2 N–H and O–H groups in total. The molecule has 1 fully saturated rings. The van der Waals surface area contributed by atoms with Crippen molar-refractivity contribution in [3.63, 3.8) is 0 Å². The van der Waals surface area contributed by atoms with Crippen LogP contribution in [0.2, 0.25) is 0 Å². The first-order chi connectivity index (χ1) is 9.33. The summed E-state index contributed by atoms with van der Waals surface area (Å²) in [6.07, 6.45) is 3.84. The fourth-order valence-electron chi connectivity index (χ4n) is 2.38. The molecule has 2 heterocycles. The van der Waals surface area contributed by atoms with Crippen LogP contribution in [0.25, 0.3) is 10.9 Å². The molecular formula is C14H17N3O2. The number of hydrogen-bond donors (Lipinski definition) is 2. The third-order valence-corrected chi connectivity index (χ3v) is 3.57. The normalized spacial score (nSPS) is 18.8. The largest absolute Gasteiger partial charge is 0.381 e. The Bertz CT molecular complexity index is 573. The maximum atomic E-state index is 12.0. The van der Waals surface area contributed by atoms with Crippen molar-refractivity contribution in [1.29, 1.82) is 0 Å². The Hall–Kier alpha value is -1.88. The van der Waals surface area contributed by atoms with Crippen LogP contribution >= 0.6 is 0 Å². The van der Waals surface area contributed by atoms with Gasteiger partial charge in [-0.1, -0.05) is 6.07 Å². The Morgan fingerprint density at radius 3 is 3.32 bits per heavy atom. The average Bonchev–Trinajstić information content (AvgIpc) is 3.08. The summed E-state index contributed by atoms with van der Waals surface area (Å²) in [6, 6.07) is 5.56. The van der Waals surface area contributed by atoms with Crippen molar-refractivity contribution in [1.82, 2.24) is 15.5 Å². The van der Waals surface area contributed by atoms with Crippen LogP contribution in [0, 0.1) is 5.92 Å². The summed E-state index contributed by atoms with van der Waals surface area (Å²) in [4.78, 5) is 12.0. The van der Waals surface area contributed by atoms with E-state index in [0.29, 0.717) is 18.0 Å². The lowest BCUT2D eigenvalue weighted by atomic mass is 10.1. The monoisotopic (exact) mass is 259 g/mol. The highest BCUT2D eigenvalue weighted by atomic mass is 16.5. The molecule has 2 aromatic rings. The second-order valence-corrected chi connectivity index (χ2v) is 4.95. The molecule has 0 radical (unpaired) electrons. The lowest BCUT2D eigenvalue weighted by Gasteiger charge is -2.08. The minimum atomic E-state index is -0.0320. The van der Waals surface area contributed by atoms with Crippen molar-refractivity contribution in [3.8, 4) is 0 Å². The number of fused-ring (bicyclic) bond motifs is 1. The number of hydrogen-bond acceptors (Lipinski definition) is 3. The molecule has 0 saturated carbocycles. The summed E-state index contributed by atoms with van der Waals surface area (Å²) in [6.45, 7) is 2.39. The van der Waals surface area contributed by atoms with Gasteiger partial charge in [0.2, 0.25) is 0 Å². The molecule has 5 heteroatoms. The molecule has 1 aliphatic heterocycles. The van der Waals surface area contributed by atoms with Gasteiger partial charge in [0.1, 0.15) is 0 Å². The predicted molar refractivity (Wildman–Crippen MR) is 72.0 cm³/mol. The van der Waals surface area contributed by atoms with E-state index >= 15 is 0 Å². The van der Waals surface area contributed by atoms with Gasteiger partial charge in [-0.2, -0.15) is 5.10 Å². The Morgan fingerprint density at radius 2 is 2.47 bits per heavy atom. The SMILES string of the molecule is O=C(NCCC1CCOC1)c1ccc2cn[nH]c2c1. The van der Waals surface area contributed by atoms with Crippen molar-refractivity contribution in [2.24, 2.45) is 5.92 Å². The number of aromatic amines is 1.